The van der Waals surface area contributed by atoms with E-state index in [4.69, 9.17) is 15.9 Å². The fourth-order valence-electron chi connectivity index (χ4n) is 0.905. The topological polar surface area (TPSA) is 78.5 Å². The summed E-state index contributed by atoms with van der Waals surface area (Å²) in [5.41, 5.74) is 7.13. The van der Waals surface area contributed by atoms with Gasteiger partial charge < -0.3 is 15.9 Å². The molecule has 72 valence electrons. The Morgan fingerprint density at radius 2 is 1.85 bits per heavy atom. The third-order valence-electron chi connectivity index (χ3n) is 1.61. The molecule has 0 heterocycles. The summed E-state index contributed by atoms with van der Waals surface area (Å²) >= 11 is 0. The van der Waals surface area contributed by atoms with Crippen LogP contribution in [0.25, 0.3) is 0 Å². The monoisotopic (exact) mass is 182 g/mol. The van der Waals surface area contributed by atoms with Crippen molar-refractivity contribution in [2.75, 3.05) is 5.73 Å². The minimum absolute atomic E-state index is 0.393. The standard InChI is InChI=1S/C9H14N2O2/c1-9(12,13)11-6-7-2-4-8(10)5-3-7/h2-5,11-13H,6,10H2,1H3. The fraction of sp³-hybridized carbons (Fsp3) is 0.333. The second kappa shape index (κ2) is 3.74. The van der Waals surface area contributed by atoms with Gasteiger partial charge in [0.25, 0.3) is 0 Å². The summed E-state index contributed by atoms with van der Waals surface area (Å²) in [6.07, 6.45) is 0. The molecule has 0 atom stereocenters. The molecule has 0 aliphatic carbocycles. The van der Waals surface area contributed by atoms with Crippen LogP contribution in [0.5, 0.6) is 0 Å². The summed E-state index contributed by atoms with van der Waals surface area (Å²) < 4.78 is 0. The molecule has 1 rings (SSSR count). The van der Waals surface area contributed by atoms with Gasteiger partial charge in [0.15, 0.2) is 0 Å². The van der Waals surface area contributed by atoms with Crippen molar-refractivity contribution in [3.05, 3.63) is 29.8 Å². The van der Waals surface area contributed by atoms with Crippen LogP contribution in [-0.4, -0.2) is 16.1 Å². The molecular weight excluding hydrogens is 168 g/mol. The molecule has 13 heavy (non-hydrogen) atoms. The molecule has 0 fully saturated rings. The van der Waals surface area contributed by atoms with E-state index in [0.717, 1.165) is 5.56 Å². The van der Waals surface area contributed by atoms with Gasteiger partial charge in [-0.05, 0) is 17.7 Å². The molecule has 0 aromatic heterocycles. The largest absolute Gasteiger partial charge is 0.399 e. The molecular formula is C9H14N2O2. The lowest BCUT2D eigenvalue weighted by Gasteiger charge is -2.17. The Labute approximate surface area is 77.0 Å². The average molecular weight is 182 g/mol. The first-order chi connectivity index (χ1) is 5.97. The van der Waals surface area contributed by atoms with Gasteiger partial charge >= 0.3 is 0 Å². The van der Waals surface area contributed by atoms with Crippen molar-refractivity contribution >= 4 is 5.69 Å². The smallest absolute Gasteiger partial charge is 0.219 e. The molecule has 0 aliphatic rings. The fourth-order valence-corrected chi connectivity index (χ4v) is 0.905. The lowest BCUT2D eigenvalue weighted by Crippen LogP contribution is -2.41. The Hall–Kier alpha value is -1.10. The van der Waals surface area contributed by atoms with E-state index >= 15 is 0 Å². The van der Waals surface area contributed by atoms with Crippen molar-refractivity contribution in [1.82, 2.24) is 5.32 Å². The number of anilines is 1. The van der Waals surface area contributed by atoms with Gasteiger partial charge in [0.1, 0.15) is 0 Å². The van der Waals surface area contributed by atoms with Crippen LogP contribution in [0.3, 0.4) is 0 Å². The average Bonchev–Trinajstić information content (AvgIpc) is 2.02. The zero-order chi connectivity index (χ0) is 9.90. The minimum atomic E-state index is -1.83. The first kappa shape index (κ1) is 9.98. The Morgan fingerprint density at radius 3 is 2.31 bits per heavy atom. The van der Waals surface area contributed by atoms with Crippen molar-refractivity contribution in [1.29, 1.82) is 0 Å². The highest BCUT2D eigenvalue weighted by Gasteiger charge is 2.12. The predicted octanol–water partition coefficient (Wildman–Crippen LogP) is 0.0167. The number of hydrogen-bond donors (Lipinski definition) is 4. The third-order valence-corrected chi connectivity index (χ3v) is 1.61. The van der Waals surface area contributed by atoms with Crippen molar-refractivity contribution in [2.45, 2.75) is 19.4 Å². The van der Waals surface area contributed by atoms with Crippen LogP contribution in [0.4, 0.5) is 5.69 Å². The number of hydrogen-bond acceptors (Lipinski definition) is 4. The molecule has 0 bridgehead atoms. The van der Waals surface area contributed by atoms with Crippen molar-refractivity contribution in [2.24, 2.45) is 0 Å². The highest BCUT2D eigenvalue weighted by Crippen LogP contribution is 2.05. The number of benzene rings is 1. The molecule has 1 aromatic carbocycles. The lowest BCUT2D eigenvalue weighted by atomic mass is 10.2. The Morgan fingerprint density at radius 1 is 1.31 bits per heavy atom. The van der Waals surface area contributed by atoms with Gasteiger partial charge in [-0.25, -0.2) is 0 Å². The summed E-state index contributed by atoms with van der Waals surface area (Å²) in [7, 11) is 0. The Kier molecular flexibility index (Phi) is 2.87. The van der Waals surface area contributed by atoms with E-state index in [9.17, 15) is 0 Å². The molecule has 0 amide bonds. The van der Waals surface area contributed by atoms with Gasteiger partial charge in [-0.2, -0.15) is 0 Å². The minimum Gasteiger partial charge on any atom is -0.399 e. The zero-order valence-electron chi connectivity index (χ0n) is 7.49. The van der Waals surface area contributed by atoms with Gasteiger partial charge in [-0.15, -0.1) is 0 Å². The maximum absolute atomic E-state index is 8.95. The molecule has 4 heteroatoms. The van der Waals surface area contributed by atoms with Crippen LogP contribution in [0, 0.1) is 0 Å². The number of aliphatic hydroxyl groups is 2. The van der Waals surface area contributed by atoms with E-state index < -0.39 is 5.91 Å². The molecule has 1 aromatic rings. The van der Waals surface area contributed by atoms with Crippen LogP contribution in [0.15, 0.2) is 24.3 Å². The predicted molar refractivity (Wildman–Crippen MR) is 50.5 cm³/mol. The molecule has 0 radical (unpaired) electrons. The van der Waals surface area contributed by atoms with Crippen LogP contribution < -0.4 is 11.1 Å². The molecule has 0 aliphatic heterocycles. The number of nitrogen functional groups attached to an aromatic ring is 1. The van der Waals surface area contributed by atoms with Crippen LogP contribution in [-0.2, 0) is 6.54 Å². The van der Waals surface area contributed by atoms with Gasteiger partial charge in [0, 0.05) is 19.2 Å². The summed E-state index contributed by atoms with van der Waals surface area (Å²) in [5, 5.41) is 20.4. The first-order valence-corrected chi connectivity index (χ1v) is 4.01. The maximum Gasteiger partial charge on any atom is 0.219 e. The van der Waals surface area contributed by atoms with Gasteiger partial charge in [-0.3, -0.25) is 5.32 Å². The van der Waals surface area contributed by atoms with E-state index in [1.165, 1.54) is 6.92 Å². The van der Waals surface area contributed by atoms with Crippen molar-refractivity contribution < 1.29 is 10.2 Å². The zero-order valence-corrected chi connectivity index (χ0v) is 7.49. The van der Waals surface area contributed by atoms with Crippen LogP contribution in [0.2, 0.25) is 0 Å². The Bertz CT molecular complexity index is 264. The van der Waals surface area contributed by atoms with Crippen LogP contribution >= 0.6 is 0 Å². The second-order valence-corrected chi connectivity index (χ2v) is 3.12. The molecule has 5 N–H and O–H groups in total. The number of rotatable bonds is 3. The number of nitrogens with two attached hydrogens (primary N) is 1. The van der Waals surface area contributed by atoms with Crippen LogP contribution in [0.1, 0.15) is 12.5 Å². The maximum atomic E-state index is 8.95. The lowest BCUT2D eigenvalue weighted by molar-refractivity contribution is -0.170. The molecule has 0 saturated carbocycles. The summed E-state index contributed by atoms with van der Waals surface area (Å²) in [5.74, 6) is -1.83. The summed E-state index contributed by atoms with van der Waals surface area (Å²) in [6, 6.07) is 7.19. The molecule has 0 unspecified atom stereocenters. The van der Waals surface area contributed by atoms with E-state index in [0.29, 0.717) is 12.2 Å². The molecule has 0 spiro atoms. The first-order valence-electron chi connectivity index (χ1n) is 4.01. The van der Waals surface area contributed by atoms with Gasteiger partial charge in [-0.1, -0.05) is 12.1 Å². The quantitative estimate of drug-likeness (QED) is 0.392. The van der Waals surface area contributed by atoms with E-state index in [1.54, 1.807) is 12.1 Å². The van der Waals surface area contributed by atoms with E-state index in [-0.39, 0.29) is 0 Å². The highest BCUT2D eigenvalue weighted by atomic mass is 16.5. The number of nitrogens with one attached hydrogen (secondary N) is 1. The van der Waals surface area contributed by atoms with Gasteiger partial charge in [0.2, 0.25) is 5.91 Å². The molecule has 4 nitrogen and oxygen atoms in total. The normalized spacial score (nSPS) is 11.6. The highest BCUT2D eigenvalue weighted by molar-refractivity contribution is 5.39. The Balaban J connectivity index is 2.51. The second-order valence-electron chi connectivity index (χ2n) is 3.12. The van der Waals surface area contributed by atoms with Crippen molar-refractivity contribution in [3.8, 4) is 0 Å². The van der Waals surface area contributed by atoms with Gasteiger partial charge in [0.05, 0.1) is 0 Å². The summed E-state index contributed by atoms with van der Waals surface area (Å²) in [4.78, 5) is 0. The third kappa shape index (κ3) is 3.89. The SMILES string of the molecule is CC(O)(O)NCc1ccc(N)cc1. The summed E-state index contributed by atoms with van der Waals surface area (Å²) in [6.45, 7) is 1.66. The van der Waals surface area contributed by atoms with E-state index in [1.807, 2.05) is 12.1 Å². The molecule has 0 saturated heterocycles. The van der Waals surface area contributed by atoms with Crippen molar-refractivity contribution in [3.63, 3.8) is 0 Å². The van der Waals surface area contributed by atoms with E-state index in [2.05, 4.69) is 5.32 Å².